The Bertz CT molecular complexity index is 470. The quantitative estimate of drug-likeness (QED) is 0.597. The summed E-state index contributed by atoms with van der Waals surface area (Å²) in [6, 6.07) is 3.99. The molecule has 0 amide bonds. The van der Waals surface area contributed by atoms with Gasteiger partial charge in [-0.25, -0.2) is 0 Å². The van der Waals surface area contributed by atoms with Crippen LogP contribution in [-0.2, 0) is 4.79 Å². The predicted molar refractivity (Wildman–Crippen MR) is 53.2 cm³/mol. The summed E-state index contributed by atoms with van der Waals surface area (Å²) in [6.07, 6.45) is 0.497. The number of carbonyl (C=O) groups is 1. The van der Waals surface area contributed by atoms with Crippen LogP contribution in [-0.4, -0.2) is 21.1 Å². The highest BCUT2D eigenvalue weighted by Crippen LogP contribution is 2.48. The molecule has 0 unspecified atom stereocenters. The maximum atomic E-state index is 10.6. The zero-order valence-electron chi connectivity index (χ0n) is 8.16. The van der Waals surface area contributed by atoms with E-state index >= 15 is 0 Å². The van der Waals surface area contributed by atoms with E-state index in [2.05, 4.69) is 0 Å². The molecule has 1 aliphatic rings. The molecule has 6 heteroatoms. The highest BCUT2D eigenvalue weighted by atomic mass is 16.6. The fourth-order valence-electron chi connectivity index (χ4n) is 1.75. The molecule has 16 heavy (non-hydrogen) atoms. The molecule has 1 aromatic carbocycles. The lowest BCUT2D eigenvalue weighted by Crippen LogP contribution is -1.99. The van der Waals surface area contributed by atoms with Gasteiger partial charge in [0.2, 0.25) is 0 Å². The molecule has 1 aliphatic carbocycles. The highest BCUT2D eigenvalue weighted by molar-refractivity contribution is 5.75. The Morgan fingerprint density at radius 3 is 2.69 bits per heavy atom. The number of phenols is 1. The monoisotopic (exact) mass is 223 g/mol. The van der Waals surface area contributed by atoms with Gasteiger partial charge < -0.3 is 10.2 Å². The summed E-state index contributed by atoms with van der Waals surface area (Å²) in [5, 5.41) is 28.5. The number of phenolic OH excluding ortho intramolecular Hbond substituents is 1. The van der Waals surface area contributed by atoms with Gasteiger partial charge in [0.1, 0.15) is 0 Å². The lowest BCUT2D eigenvalue weighted by Gasteiger charge is -2.00. The van der Waals surface area contributed by atoms with E-state index in [9.17, 15) is 20.0 Å². The normalized spacial score (nSPS) is 22.8. The molecule has 0 spiro atoms. The zero-order chi connectivity index (χ0) is 11.9. The summed E-state index contributed by atoms with van der Waals surface area (Å²) in [5.41, 5.74) is 0.213. The molecule has 1 saturated carbocycles. The smallest absolute Gasteiger partial charge is 0.310 e. The number of hydrogen-bond donors (Lipinski definition) is 2. The SMILES string of the molecule is O=C(O)[C@@H]1C[C@H]1c1ccc(O)c([N+](=O)[O-])c1. The Morgan fingerprint density at radius 2 is 2.19 bits per heavy atom. The fourth-order valence-corrected chi connectivity index (χ4v) is 1.75. The van der Waals surface area contributed by atoms with E-state index < -0.39 is 22.6 Å². The molecule has 2 rings (SSSR count). The van der Waals surface area contributed by atoms with E-state index in [-0.39, 0.29) is 11.6 Å². The van der Waals surface area contributed by atoms with Crippen molar-refractivity contribution in [3.8, 4) is 5.75 Å². The van der Waals surface area contributed by atoms with Gasteiger partial charge in [0, 0.05) is 6.07 Å². The van der Waals surface area contributed by atoms with Crippen LogP contribution >= 0.6 is 0 Å². The van der Waals surface area contributed by atoms with Crippen LogP contribution in [0.5, 0.6) is 5.75 Å². The minimum absolute atomic E-state index is 0.170. The van der Waals surface area contributed by atoms with Crippen molar-refractivity contribution in [1.82, 2.24) is 0 Å². The Balaban J connectivity index is 2.28. The number of nitrogens with zero attached hydrogens (tertiary/aromatic N) is 1. The maximum Gasteiger partial charge on any atom is 0.310 e. The van der Waals surface area contributed by atoms with E-state index in [4.69, 9.17) is 5.11 Å². The van der Waals surface area contributed by atoms with Crippen LogP contribution in [0.15, 0.2) is 18.2 Å². The molecule has 84 valence electrons. The Kier molecular flexibility index (Phi) is 2.26. The van der Waals surface area contributed by atoms with Crippen molar-refractivity contribution in [3.63, 3.8) is 0 Å². The summed E-state index contributed by atoms with van der Waals surface area (Å²) < 4.78 is 0. The third-order valence-corrected chi connectivity index (χ3v) is 2.73. The summed E-state index contributed by atoms with van der Waals surface area (Å²) >= 11 is 0. The molecule has 1 fully saturated rings. The van der Waals surface area contributed by atoms with Crippen molar-refractivity contribution in [3.05, 3.63) is 33.9 Å². The molecule has 0 aliphatic heterocycles. The number of nitro groups is 1. The number of carboxylic acid groups (broad SMARTS) is 1. The van der Waals surface area contributed by atoms with Gasteiger partial charge in [-0.05, 0) is 24.0 Å². The summed E-state index contributed by atoms with van der Waals surface area (Å²) in [7, 11) is 0. The maximum absolute atomic E-state index is 10.6. The first kappa shape index (κ1) is 10.4. The number of aliphatic carboxylic acids is 1. The van der Waals surface area contributed by atoms with Gasteiger partial charge in [-0.1, -0.05) is 6.07 Å². The van der Waals surface area contributed by atoms with E-state index in [1.807, 2.05) is 0 Å². The second kappa shape index (κ2) is 3.48. The van der Waals surface area contributed by atoms with E-state index in [0.29, 0.717) is 12.0 Å². The molecule has 0 saturated heterocycles. The van der Waals surface area contributed by atoms with E-state index in [0.717, 1.165) is 0 Å². The fraction of sp³-hybridized carbons (Fsp3) is 0.300. The van der Waals surface area contributed by atoms with Crippen LogP contribution in [0.1, 0.15) is 17.9 Å². The van der Waals surface area contributed by atoms with Gasteiger partial charge in [0.15, 0.2) is 5.75 Å². The first-order valence-electron chi connectivity index (χ1n) is 4.71. The van der Waals surface area contributed by atoms with Crippen LogP contribution in [0.2, 0.25) is 0 Å². The van der Waals surface area contributed by atoms with Crippen LogP contribution in [0.25, 0.3) is 0 Å². The van der Waals surface area contributed by atoms with E-state index in [1.54, 1.807) is 0 Å². The molecule has 6 nitrogen and oxygen atoms in total. The predicted octanol–water partition coefficient (Wildman–Crippen LogP) is 1.49. The molecule has 0 bridgehead atoms. The van der Waals surface area contributed by atoms with Crippen LogP contribution in [0, 0.1) is 16.0 Å². The molecule has 0 radical (unpaired) electrons. The standard InChI is InChI=1S/C10H9NO5/c12-9-2-1-5(3-8(9)11(15)16)6-4-7(6)10(13)14/h1-3,6-7,12H,4H2,(H,13,14)/t6-,7+/m0/s1. The number of hydrogen-bond acceptors (Lipinski definition) is 4. The summed E-state index contributed by atoms with van der Waals surface area (Å²) in [6.45, 7) is 0. The Hall–Kier alpha value is -2.11. The number of aromatic hydroxyl groups is 1. The number of carboxylic acids is 1. The Labute approximate surface area is 90.3 Å². The van der Waals surface area contributed by atoms with Crippen LogP contribution in [0.3, 0.4) is 0 Å². The summed E-state index contributed by atoms with van der Waals surface area (Å²) in [5.74, 6) is -1.91. The molecule has 2 N–H and O–H groups in total. The topological polar surface area (TPSA) is 101 Å². The average Bonchev–Trinajstić information content (AvgIpc) is 2.97. The number of nitro benzene ring substituents is 1. The first-order chi connectivity index (χ1) is 7.50. The van der Waals surface area contributed by atoms with Crippen molar-refractivity contribution in [1.29, 1.82) is 0 Å². The molecule has 2 atom stereocenters. The second-order valence-corrected chi connectivity index (χ2v) is 3.79. The molecule has 0 heterocycles. The lowest BCUT2D eigenvalue weighted by molar-refractivity contribution is -0.385. The van der Waals surface area contributed by atoms with Crippen molar-refractivity contribution in [2.24, 2.45) is 5.92 Å². The second-order valence-electron chi connectivity index (χ2n) is 3.79. The van der Waals surface area contributed by atoms with Crippen molar-refractivity contribution in [2.45, 2.75) is 12.3 Å². The van der Waals surface area contributed by atoms with Gasteiger partial charge in [-0.3, -0.25) is 14.9 Å². The third-order valence-electron chi connectivity index (χ3n) is 2.73. The van der Waals surface area contributed by atoms with E-state index in [1.165, 1.54) is 18.2 Å². The van der Waals surface area contributed by atoms with Gasteiger partial charge in [0.25, 0.3) is 0 Å². The van der Waals surface area contributed by atoms with Crippen molar-refractivity contribution >= 4 is 11.7 Å². The minimum Gasteiger partial charge on any atom is -0.502 e. The lowest BCUT2D eigenvalue weighted by atomic mass is 10.1. The van der Waals surface area contributed by atoms with Gasteiger partial charge >= 0.3 is 11.7 Å². The first-order valence-corrected chi connectivity index (χ1v) is 4.71. The van der Waals surface area contributed by atoms with Crippen LogP contribution < -0.4 is 0 Å². The van der Waals surface area contributed by atoms with Gasteiger partial charge in [-0.15, -0.1) is 0 Å². The third kappa shape index (κ3) is 1.69. The molecular weight excluding hydrogens is 214 g/mol. The average molecular weight is 223 g/mol. The number of benzene rings is 1. The molecule has 0 aromatic heterocycles. The number of rotatable bonds is 3. The molecule has 1 aromatic rings. The minimum atomic E-state index is -0.888. The highest BCUT2D eigenvalue weighted by Gasteiger charge is 2.44. The van der Waals surface area contributed by atoms with Crippen molar-refractivity contribution < 1.29 is 19.9 Å². The Morgan fingerprint density at radius 1 is 1.50 bits per heavy atom. The van der Waals surface area contributed by atoms with Crippen LogP contribution in [0.4, 0.5) is 5.69 Å². The van der Waals surface area contributed by atoms with Crippen molar-refractivity contribution in [2.75, 3.05) is 0 Å². The summed E-state index contributed by atoms with van der Waals surface area (Å²) in [4.78, 5) is 20.5. The molecular formula is C10H9NO5. The van der Waals surface area contributed by atoms with Gasteiger partial charge in [-0.2, -0.15) is 0 Å². The largest absolute Gasteiger partial charge is 0.502 e. The zero-order valence-corrected chi connectivity index (χ0v) is 8.16. The van der Waals surface area contributed by atoms with Gasteiger partial charge in [0.05, 0.1) is 10.8 Å².